The van der Waals surface area contributed by atoms with Crippen LogP contribution in [0.3, 0.4) is 0 Å². The van der Waals surface area contributed by atoms with Crippen LogP contribution in [0.4, 0.5) is 5.69 Å². The molecule has 8 heteroatoms. The number of hydrogen-bond donors (Lipinski definition) is 1. The Labute approximate surface area is 169 Å². The van der Waals surface area contributed by atoms with Crippen molar-refractivity contribution in [3.05, 3.63) is 69.8 Å². The third-order valence-corrected chi connectivity index (χ3v) is 4.67. The van der Waals surface area contributed by atoms with E-state index in [2.05, 4.69) is 5.32 Å². The lowest BCUT2D eigenvalue weighted by Gasteiger charge is -2.30. The van der Waals surface area contributed by atoms with E-state index in [1.165, 1.54) is 18.0 Å². The third kappa shape index (κ3) is 5.54. The van der Waals surface area contributed by atoms with E-state index in [4.69, 9.17) is 4.74 Å². The summed E-state index contributed by atoms with van der Waals surface area (Å²) in [5.74, 6) is 0.0485. The van der Waals surface area contributed by atoms with E-state index < -0.39 is 11.0 Å². The Balaban J connectivity index is 2.33. The van der Waals surface area contributed by atoms with Gasteiger partial charge in [-0.1, -0.05) is 37.3 Å². The minimum atomic E-state index is -0.683. The first kappa shape index (κ1) is 21.9. The summed E-state index contributed by atoms with van der Waals surface area (Å²) in [5.41, 5.74) is 1.02. The van der Waals surface area contributed by atoms with E-state index in [0.717, 1.165) is 5.56 Å². The van der Waals surface area contributed by atoms with Gasteiger partial charge in [0.2, 0.25) is 11.8 Å². The molecular formula is C21H25N3O5. The zero-order valence-electron chi connectivity index (χ0n) is 16.8. The summed E-state index contributed by atoms with van der Waals surface area (Å²) < 4.78 is 5.15. The van der Waals surface area contributed by atoms with E-state index in [0.29, 0.717) is 17.7 Å². The Morgan fingerprint density at radius 3 is 2.38 bits per heavy atom. The Morgan fingerprint density at radius 1 is 1.17 bits per heavy atom. The first-order chi connectivity index (χ1) is 13.9. The van der Waals surface area contributed by atoms with Gasteiger partial charge >= 0.3 is 0 Å². The number of amides is 2. The molecular weight excluding hydrogens is 374 g/mol. The molecule has 0 spiro atoms. The summed E-state index contributed by atoms with van der Waals surface area (Å²) in [6.45, 7) is 2.02. The number of ether oxygens (including phenoxy) is 1. The maximum Gasteiger partial charge on any atom is 0.273 e. The van der Waals surface area contributed by atoms with Crippen LogP contribution >= 0.6 is 0 Å². The van der Waals surface area contributed by atoms with Crippen LogP contribution in [0.2, 0.25) is 0 Å². The third-order valence-electron chi connectivity index (χ3n) is 4.67. The van der Waals surface area contributed by atoms with E-state index in [1.807, 2.05) is 19.1 Å². The molecule has 0 saturated carbocycles. The summed E-state index contributed by atoms with van der Waals surface area (Å²) >= 11 is 0. The Kier molecular flexibility index (Phi) is 7.70. The summed E-state index contributed by atoms with van der Waals surface area (Å²) in [4.78, 5) is 37.7. The molecule has 0 radical (unpaired) electrons. The van der Waals surface area contributed by atoms with Crippen LogP contribution in [0.1, 0.15) is 24.5 Å². The molecule has 154 valence electrons. The zero-order chi connectivity index (χ0) is 21.4. The smallest absolute Gasteiger partial charge is 0.273 e. The molecule has 1 N–H and O–H groups in total. The molecule has 0 bridgehead atoms. The lowest BCUT2D eigenvalue weighted by atomic mass is 10.1. The van der Waals surface area contributed by atoms with Gasteiger partial charge in [0.15, 0.2) is 0 Å². The van der Waals surface area contributed by atoms with Crippen molar-refractivity contribution >= 4 is 17.5 Å². The molecule has 0 aromatic heterocycles. The second-order valence-corrected chi connectivity index (χ2v) is 6.47. The van der Waals surface area contributed by atoms with Crippen LogP contribution in [0.15, 0.2) is 48.5 Å². The van der Waals surface area contributed by atoms with Crippen molar-refractivity contribution in [3.8, 4) is 5.75 Å². The fourth-order valence-corrected chi connectivity index (χ4v) is 3.12. The van der Waals surface area contributed by atoms with Crippen molar-refractivity contribution in [2.24, 2.45) is 0 Å². The number of nitrogens with one attached hydrogen (secondary N) is 1. The van der Waals surface area contributed by atoms with Crippen molar-refractivity contribution in [1.29, 1.82) is 0 Å². The number of nitrogens with zero attached hydrogens (tertiary/aromatic N) is 2. The molecule has 0 heterocycles. The number of hydrogen-bond acceptors (Lipinski definition) is 5. The highest BCUT2D eigenvalue weighted by molar-refractivity contribution is 5.88. The van der Waals surface area contributed by atoms with Gasteiger partial charge in [0, 0.05) is 25.2 Å². The SMILES string of the molecule is CC[C@@H](C(=O)NC)N(Cc1ccc(OC)cc1)C(=O)Cc1ccccc1[N+](=O)[O-]. The van der Waals surface area contributed by atoms with Gasteiger partial charge in [0.05, 0.1) is 18.5 Å². The maximum atomic E-state index is 13.1. The second-order valence-electron chi connectivity index (χ2n) is 6.47. The fourth-order valence-electron chi connectivity index (χ4n) is 3.12. The molecule has 0 aliphatic carbocycles. The van der Waals surface area contributed by atoms with Crippen LogP contribution in [0.5, 0.6) is 5.75 Å². The summed E-state index contributed by atoms with van der Waals surface area (Å²) in [6, 6.07) is 12.6. The van der Waals surface area contributed by atoms with Crippen LogP contribution < -0.4 is 10.1 Å². The predicted molar refractivity (Wildman–Crippen MR) is 108 cm³/mol. The molecule has 1 atom stereocenters. The number of likely N-dealkylation sites (N-methyl/N-ethyl adjacent to an activating group) is 1. The van der Waals surface area contributed by atoms with Gasteiger partial charge in [-0.15, -0.1) is 0 Å². The van der Waals surface area contributed by atoms with Crippen molar-refractivity contribution in [2.45, 2.75) is 32.4 Å². The largest absolute Gasteiger partial charge is 0.497 e. The van der Waals surface area contributed by atoms with Gasteiger partial charge in [0.1, 0.15) is 11.8 Å². The molecule has 0 saturated heterocycles. The monoisotopic (exact) mass is 399 g/mol. The van der Waals surface area contributed by atoms with Gasteiger partial charge in [-0.3, -0.25) is 19.7 Å². The van der Waals surface area contributed by atoms with Crippen molar-refractivity contribution in [2.75, 3.05) is 14.2 Å². The highest BCUT2D eigenvalue weighted by atomic mass is 16.6. The van der Waals surface area contributed by atoms with Crippen molar-refractivity contribution in [1.82, 2.24) is 10.2 Å². The number of carbonyl (C=O) groups is 2. The van der Waals surface area contributed by atoms with E-state index >= 15 is 0 Å². The second kappa shape index (κ2) is 10.2. The van der Waals surface area contributed by atoms with E-state index in [-0.39, 0.29) is 30.5 Å². The number of rotatable bonds is 9. The Morgan fingerprint density at radius 2 is 1.83 bits per heavy atom. The average Bonchev–Trinajstić information content (AvgIpc) is 2.73. The predicted octanol–water partition coefficient (Wildman–Crippen LogP) is 2.70. The molecule has 0 fully saturated rings. The molecule has 0 unspecified atom stereocenters. The van der Waals surface area contributed by atoms with E-state index in [9.17, 15) is 19.7 Å². The molecule has 2 amide bonds. The molecule has 8 nitrogen and oxygen atoms in total. The summed E-state index contributed by atoms with van der Waals surface area (Å²) in [6.07, 6.45) is 0.249. The van der Waals surface area contributed by atoms with Crippen LogP contribution in [-0.2, 0) is 22.6 Å². The average molecular weight is 399 g/mol. The number of nitro benzene ring substituents is 1. The van der Waals surface area contributed by atoms with Crippen LogP contribution in [0, 0.1) is 10.1 Å². The number of carbonyl (C=O) groups excluding carboxylic acids is 2. The van der Waals surface area contributed by atoms with Crippen LogP contribution in [0.25, 0.3) is 0 Å². The van der Waals surface area contributed by atoms with Gasteiger partial charge < -0.3 is 15.0 Å². The molecule has 0 aliphatic rings. The lowest BCUT2D eigenvalue weighted by molar-refractivity contribution is -0.385. The van der Waals surface area contributed by atoms with Gasteiger partial charge in [-0.2, -0.15) is 0 Å². The van der Waals surface area contributed by atoms with E-state index in [1.54, 1.807) is 37.4 Å². The summed E-state index contributed by atoms with van der Waals surface area (Å²) in [5, 5.41) is 13.9. The standard InChI is InChI=1S/C21H25N3O5/c1-4-18(21(26)22-2)23(14-15-9-11-17(29-3)12-10-15)20(25)13-16-7-5-6-8-19(16)24(27)28/h5-12,18H,4,13-14H2,1-3H3,(H,22,26)/t18-/m0/s1. The van der Waals surface area contributed by atoms with Crippen molar-refractivity contribution < 1.29 is 19.2 Å². The normalized spacial score (nSPS) is 11.4. The quantitative estimate of drug-likeness (QED) is 0.516. The summed E-state index contributed by atoms with van der Waals surface area (Å²) in [7, 11) is 3.08. The Bertz CT molecular complexity index is 867. The minimum Gasteiger partial charge on any atom is -0.497 e. The molecule has 0 aliphatic heterocycles. The highest BCUT2D eigenvalue weighted by Crippen LogP contribution is 2.21. The van der Waals surface area contributed by atoms with Gasteiger partial charge in [-0.05, 0) is 24.1 Å². The number of para-hydroxylation sites is 1. The fraction of sp³-hybridized carbons (Fsp3) is 0.333. The maximum absolute atomic E-state index is 13.1. The molecule has 2 rings (SSSR count). The van der Waals surface area contributed by atoms with Crippen LogP contribution in [-0.4, -0.2) is 41.8 Å². The van der Waals surface area contributed by atoms with Crippen molar-refractivity contribution in [3.63, 3.8) is 0 Å². The van der Waals surface area contributed by atoms with Gasteiger partial charge in [-0.25, -0.2) is 0 Å². The number of nitro groups is 1. The lowest BCUT2D eigenvalue weighted by Crippen LogP contribution is -2.48. The first-order valence-electron chi connectivity index (χ1n) is 9.27. The number of benzene rings is 2. The van der Waals surface area contributed by atoms with Gasteiger partial charge in [0.25, 0.3) is 5.69 Å². The minimum absolute atomic E-state index is 0.113. The molecule has 2 aromatic rings. The Hall–Kier alpha value is -3.42. The highest BCUT2D eigenvalue weighted by Gasteiger charge is 2.29. The molecule has 29 heavy (non-hydrogen) atoms. The number of methoxy groups -OCH3 is 1. The zero-order valence-corrected chi connectivity index (χ0v) is 16.8. The topological polar surface area (TPSA) is 102 Å². The molecule has 2 aromatic carbocycles. The first-order valence-corrected chi connectivity index (χ1v) is 9.27.